The minimum absolute atomic E-state index is 0.00837. The summed E-state index contributed by atoms with van der Waals surface area (Å²) >= 11 is 0. The molecule has 1 amide bonds. The van der Waals surface area contributed by atoms with Gasteiger partial charge in [-0.1, -0.05) is 31.6 Å². The number of nitrogens with one attached hydrogen (secondary N) is 3. The van der Waals surface area contributed by atoms with E-state index in [0.717, 1.165) is 80.6 Å². The summed E-state index contributed by atoms with van der Waals surface area (Å²) < 4.78 is 81.4. The number of aromatic amines is 1. The maximum atomic E-state index is 13.9. The Labute approximate surface area is 359 Å². The van der Waals surface area contributed by atoms with Crippen LogP contribution < -0.4 is 25.4 Å². The maximum absolute atomic E-state index is 13.9. The zero-order valence-corrected chi connectivity index (χ0v) is 35.7. The number of hydrogen-bond donors (Lipinski definition) is 4. The van der Waals surface area contributed by atoms with Crippen molar-refractivity contribution in [2.75, 3.05) is 68.4 Å². The minimum Gasteiger partial charge on any atom is -0.455 e. The molecule has 2 aliphatic heterocycles. The van der Waals surface area contributed by atoms with E-state index < -0.39 is 27.7 Å². The number of allylic oxidation sites excluding steroid dienone is 1. The number of carbonyl (C=O) groups is 1. The molecule has 8 rings (SSSR count). The second kappa shape index (κ2) is 17.7. The minimum atomic E-state index is -4.39. The number of amides is 1. The zero-order valence-electron chi connectivity index (χ0n) is 34.9. The lowest BCUT2D eigenvalue weighted by atomic mass is 9.72. The number of anilines is 3. The first kappa shape index (κ1) is 43.1. The van der Waals surface area contributed by atoms with E-state index in [0.29, 0.717) is 49.2 Å². The van der Waals surface area contributed by atoms with Crippen LogP contribution in [0.1, 0.15) is 67.4 Å². The van der Waals surface area contributed by atoms with Crippen molar-refractivity contribution in [2.24, 2.45) is 11.3 Å². The smallest absolute Gasteiger partial charge is 0.416 e. The number of nitrogens with two attached hydrogens (primary N) is 1. The lowest BCUT2D eigenvalue weighted by Crippen LogP contribution is -2.47. The Kier molecular flexibility index (Phi) is 12.3. The normalized spacial score (nSPS) is 18.8. The number of hydrogen-bond acceptors (Lipinski definition) is 10. The topological polar surface area (TPSA) is 155 Å². The van der Waals surface area contributed by atoms with E-state index in [1.54, 1.807) is 48.7 Å². The average molecular weight is 872 g/mol. The number of piperazine rings is 1. The van der Waals surface area contributed by atoms with Gasteiger partial charge in [0.15, 0.2) is 0 Å². The molecule has 0 bridgehead atoms. The Balaban J connectivity index is 0.984. The Bertz CT molecular complexity index is 2560. The highest BCUT2D eigenvalue weighted by molar-refractivity contribution is 7.90. The molecule has 1 atom stereocenters. The molecule has 0 radical (unpaired) electrons. The van der Waals surface area contributed by atoms with Crippen molar-refractivity contribution in [3.05, 3.63) is 107 Å². The van der Waals surface area contributed by atoms with E-state index >= 15 is 0 Å². The van der Waals surface area contributed by atoms with Gasteiger partial charge < -0.3 is 30.4 Å². The first-order valence-electron chi connectivity index (χ1n) is 21.0. The molecule has 0 spiro atoms. The predicted molar refractivity (Wildman–Crippen MR) is 235 cm³/mol. The SMILES string of the molecule is CC1(C)CCC(CN2CCN(c3ccc(C(=O)NS(=O)(=O)c4ccc(NC[C@@H]5CCCOC5)c(N)c4)c(Oc4cnc5[nH]ccc5c4)c3)CC2)=C(c2ccc(C(F)(F)F)cc2)C1. The number of aromatic nitrogens is 2. The van der Waals surface area contributed by atoms with E-state index in [-0.39, 0.29) is 27.3 Å². The number of fused-ring (bicyclic) bond motifs is 1. The van der Waals surface area contributed by atoms with Gasteiger partial charge in [0, 0.05) is 69.2 Å². The standard InChI is InChI=1S/C46H52F3N7O5S/c1-45(2)15-13-33(39(25-45)31-5-7-34(8-6-31)46(47,48)49)28-55-17-19-56(20-18-55)35-9-11-38(42(23-35)61-36-22-32-14-16-51-43(32)53-27-36)44(57)54-62(58,59)37-10-12-41(40(50)24-37)52-26-30-4-3-21-60-29-30/h5-12,14,16,22-24,27,30,52H,3-4,13,15,17-21,25-26,28-29,50H2,1-2H3,(H,51,53)(H,54,57)/t30-/m0/s1. The van der Waals surface area contributed by atoms with Crippen molar-refractivity contribution in [2.45, 2.75) is 57.0 Å². The molecule has 0 unspecified atom stereocenters. The van der Waals surface area contributed by atoms with Gasteiger partial charge in [0.2, 0.25) is 0 Å². The number of pyridine rings is 1. The van der Waals surface area contributed by atoms with E-state index in [1.165, 1.54) is 36.0 Å². The van der Waals surface area contributed by atoms with Crippen molar-refractivity contribution < 1.29 is 35.9 Å². The van der Waals surface area contributed by atoms with Crippen LogP contribution in [0.4, 0.5) is 30.2 Å². The molecular formula is C46H52F3N7O5S. The van der Waals surface area contributed by atoms with Crippen LogP contribution in [0.3, 0.4) is 0 Å². The molecule has 3 aliphatic rings. The highest BCUT2D eigenvalue weighted by Gasteiger charge is 2.33. The number of halogens is 3. The van der Waals surface area contributed by atoms with Gasteiger partial charge in [-0.15, -0.1) is 0 Å². The van der Waals surface area contributed by atoms with Gasteiger partial charge in [0.25, 0.3) is 15.9 Å². The fraction of sp³-hybridized carbons (Fsp3) is 0.391. The van der Waals surface area contributed by atoms with Crippen LogP contribution in [0, 0.1) is 11.3 Å². The van der Waals surface area contributed by atoms with Gasteiger partial charge in [-0.25, -0.2) is 18.1 Å². The second-order valence-corrected chi connectivity index (χ2v) is 19.0. The fourth-order valence-electron chi connectivity index (χ4n) is 8.52. The van der Waals surface area contributed by atoms with Crippen LogP contribution in [-0.2, 0) is 20.9 Å². The Morgan fingerprint density at radius 1 is 1.03 bits per heavy atom. The van der Waals surface area contributed by atoms with Gasteiger partial charge >= 0.3 is 6.18 Å². The number of H-pyrrole nitrogens is 1. The number of sulfonamides is 1. The molecule has 12 nitrogen and oxygen atoms in total. The summed E-state index contributed by atoms with van der Waals surface area (Å²) in [6.45, 7) is 9.95. The third kappa shape index (κ3) is 10.0. The van der Waals surface area contributed by atoms with Crippen LogP contribution in [0.15, 0.2) is 95.7 Å². The molecule has 2 aromatic heterocycles. The number of carbonyl (C=O) groups excluding carboxylic acids is 1. The molecular weight excluding hydrogens is 820 g/mol. The van der Waals surface area contributed by atoms with E-state index in [1.807, 2.05) is 6.07 Å². The number of benzene rings is 3. The monoisotopic (exact) mass is 871 g/mol. The Hall–Kier alpha value is -5.58. The number of ether oxygens (including phenoxy) is 2. The molecule has 2 saturated heterocycles. The summed E-state index contributed by atoms with van der Waals surface area (Å²) in [5, 5.41) is 4.08. The summed E-state index contributed by atoms with van der Waals surface area (Å²) in [7, 11) is -4.34. The van der Waals surface area contributed by atoms with E-state index in [4.69, 9.17) is 15.2 Å². The molecule has 0 saturated carbocycles. The summed E-state index contributed by atoms with van der Waals surface area (Å²) in [5.41, 5.74) is 11.2. The predicted octanol–water partition coefficient (Wildman–Crippen LogP) is 8.70. The molecule has 5 aromatic rings. The zero-order chi connectivity index (χ0) is 43.6. The van der Waals surface area contributed by atoms with E-state index in [9.17, 15) is 26.4 Å². The summed E-state index contributed by atoms with van der Waals surface area (Å²) in [4.78, 5) is 25.7. The van der Waals surface area contributed by atoms with Crippen molar-refractivity contribution in [1.29, 1.82) is 0 Å². The summed E-state index contributed by atoms with van der Waals surface area (Å²) in [6, 6.07) is 18.6. The molecule has 2 fully saturated rings. The molecule has 5 N–H and O–H groups in total. The lowest BCUT2D eigenvalue weighted by Gasteiger charge is -2.39. The van der Waals surface area contributed by atoms with Crippen molar-refractivity contribution in [3.8, 4) is 11.5 Å². The molecule has 62 heavy (non-hydrogen) atoms. The number of alkyl halides is 3. The number of nitrogens with zero attached hydrogens (tertiary/aromatic N) is 3. The quantitative estimate of drug-likeness (QED) is 0.0896. The first-order chi connectivity index (χ1) is 29.6. The summed E-state index contributed by atoms with van der Waals surface area (Å²) in [5.74, 6) is -0.0376. The van der Waals surface area contributed by atoms with Crippen LogP contribution in [0.2, 0.25) is 0 Å². The second-order valence-electron chi connectivity index (χ2n) is 17.3. The van der Waals surface area contributed by atoms with Gasteiger partial charge in [0.1, 0.15) is 17.1 Å². The Morgan fingerprint density at radius 3 is 2.55 bits per heavy atom. The van der Waals surface area contributed by atoms with Crippen LogP contribution >= 0.6 is 0 Å². The lowest BCUT2D eigenvalue weighted by molar-refractivity contribution is -0.137. The largest absolute Gasteiger partial charge is 0.455 e. The van der Waals surface area contributed by atoms with E-state index in [2.05, 4.69) is 43.7 Å². The van der Waals surface area contributed by atoms with Crippen LogP contribution in [0.25, 0.3) is 16.6 Å². The van der Waals surface area contributed by atoms with Crippen LogP contribution in [-0.4, -0.2) is 81.7 Å². The third-order valence-electron chi connectivity index (χ3n) is 12.1. The molecule has 16 heteroatoms. The van der Waals surface area contributed by atoms with Crippen molar-refractivity contribution in [1.82, 2.24) is 19.6 Å². The Morgan fingerprint density at radius 2 is 1.82 bits per heavy atom. The van der Waals surface area contributed by atoms with Crippen molar-refractivity contribution >= 4 is 49.6 Å². The average Bonchev–Trinajstić information content (AvgIpc) is 3.72. The number of nitrogen functional groups attached to an aromatic ring is 1. The molecule has 4 heterocycles. The van der Waals surface area contributed by atoms with Gasteiger partial charge in [0.05, 0.1) is 40.2 Å². The highest BCUT2D eigenvalue weighted by atomic mass is 32.2. The first-order valence-corrected chi connectivity index (χ1v) is 22.5. The summed E-state index contributed by atoms with van der Waals surface area (Å²) in [6.07, 6.45) is 3.58. The van der Waals surface area contributed by atoms with Gasteiger partial charge in [-0.05, 0) is 109 Å². The maximum Gasteiger partial charge on any atom is 0.416 e. The molecule has 1 aliphatic carbocycles. The highest BCUT2D eigenvalue weighted by Crippen LogP contribution is 2.44. The van der Waals surface area contributed by atoms with Gasteiger partial charge in [-0.3, -0.25) is 9.69 Å². The third-order valence-corrected chi connectivity index (χ3v) is 13.4. The fourth-order valence-corrected chi connectivity index (χ4v) is 9.52. The van der Waals surface area contributed by atoms with Crippen LogP contribution in [0.5, 0.6) is 11.5 Å². The van der Waals surface area contributed by atoms with Gasteiger partial charge in [-0.2, -0.15) is 13.2 Å². The number of rotatable bonds is 12. The molecule has 328 valence electrons. The molecule has 3 aromatic carbocycles. The van der Waals surface area contributed by atoms with Crippen molar-refractivity contribution in [3.63, 3.8) is 0 Å².